The van der Waals surface area contributed by atoms with Crippen molar-refractivity contribution < 1.29 is 0 Å². The van der Waals surface area contributed by atoms with Crippen LogP contribution in [-0.4, -0.2) is 14.5 Å². The molecule has 0 radical (unpaired) electrons. The van der Waals surface area contributed by atoms with E-state index < -0.39 is 0 Å². The van der Waals surface area contributed by atoms with Crippen LogP contribution >= 0.6 is 11.3 Å². The minimum Gasteiger partial charge on any atom is -0.331 e. The predicted molar refractivity (Wildman–Crippen MR) is 58.3 cm³/mol. The van der Waals surface area contributed by atoms with E-state index in [0.717, 1.165) is 11.4 Å². The molecule has 0 amide bonds. The molecular weight excluding hydrogens is 194 g/mol. The van der Waals surface area contributed by atoms with Gasteiger partial charge in [-0.1, -0.05) is 0 Å². The highest BCUT2D eigenvalue weighted by atomic mass is 32.1. The Hall–Kier alpha value is -1.16. The summed E-state index contributed by atoms with van der Waals surface area (Å²) in [5, 5.41) is 2.01. The van der Waals surface area contributed by atoms with Crippen molar-refractivity contribution in [1.82, 2.24) is 14.5 Å². The predicted octanol–water partition coefficient (Wildman–Crippen LogP) is 2.76. The van der Waals surface area contributed by atoms with E-state index in [-0.39, 0.29) is 5.54 Å². The number of thiazole rings is 1. The maximum Gasteiger partial charge on any atom is 0.107 e. The van der Waals surface area contributed by atoms with Crippen molar-refractivity contribution >= 4 is 11.3 Å². The molecule has 0 spiro atoms. The normalized spacial score (nSPS) is 11.9. The Kier molecular flexibility index (Phi) is 2.15. The maximum atomic E-state index is 4.33. The third kappa shape index (κ3) is 1.70. The first-order valence-electron chi connectivity index (χ1n) is 4.50. The second-order valence-electron chi connectivity index (χ2n) is 4.21. The zero-order chi connectivity index (χ0) is 10.2. The van der Waals surface area contributed by atoms with Crippen molar-refractivity contribution in [1.29, 1.82) is 0 Å². The molecule has 2 aromatic heterocycles. The fourth-order valence-electron chi connectivity index (χ4n) is 1.16. The van der Waals surface area contributed by atoms with Gasteiger partial charge in [-0.15, -0.1) is 11.3 Å². The SMILES string of the molecule is CC(C)(C)n1cnc(-c2cscn2)c1. The van der Waals surface area contributed by atoms with Gasteiger partial charge in [-0.25, -0.2) is 9.97 Å². The van der Waals surface area contributed by atoms with Crippen LogP contribution in [0.15, 0.2) is 23.4 Å². The Morgan fingerprint density at radius 1 is 1.21 bits per heavy atom. The van der Waals surface area contributed by atoms with Crippen LogP contribution in [0.1, 0.15) is 20.8 Å². The third-order valence-corrected chi connectivity index (χ3v) is 2.64. The molecule has 0 atom stereocenters. The molecule has 0 saturated carbocycles. The summed E-state index contributed by atoms with van der Waals surface area (Å²) in [7, 11) is 0. The molecule has 0 N–H and O–H groups in total. The number of nitrogens with zero attached hydrogens (tertiary/aromatic N) is 3. The van der Waals surface area contributed by atoms with Crippen molar-refractivity contribution in [2.75, 3.05) is 0 Å². The molecule has 3 nitrogen and oxygen atoms in total. The second kappa shape index (κ2) is 3.20. The van der Waals surface area contributed by atoms with Crippen LogP contribution in [0, 0.1) is 0 Å². The van der Waals surface area contributed by atoms with E-state index in [9.17, 15) is 0 Å². The Morgan fingerprint density at radius 3 is 2.50 bits per heavy atom. The highest BCUT2D eigenvalue weighted by molar-refractivity contribution is 7.07. The number of hydrogen-bond donors (Lipinski definition) is 0. The lowest BCUT2D eigenvalue weighted by molar-refractivity contribution is 0.396. The van der Waals surface area contributed by atoms with Crippen LogP contribution in [-0.2, 0) is 5.54 Å². The van der Waals surface area contributed by atoms with Crippen LogP contribution in [0.5, 0.6) is 0 Å². The maximum absolute atomic E-state index is 4.33. The van der Waals surface area contributed by atoms with Gasteiger partial charge < -0.3 is 4.57 Å². The largest absolute Gasteiger partial charge is 0.331 e. The van der Waals surface area contributed by atoms with E-state index in [1.807, 2.05) is 23.4 Å². The second-order valence-corrected chi connectivity index (χ2v) is 4.93. The molecule has 2 rings (SSSR count). The summed E-state index contributed by atoms with van der Waals surface area (Å²) in [6, 6.07) is 0. The zero-order valence-electron chi connectivity index (χ0n) is 8.56. The van der Waals surface area contributed by atoms with Gasteiger partial charge in [0.05, 0.1) is 11.8 Å². The molecule has 2 aromatic rings. The summed E-state index contributed by atoms with van der Waals surface area (Å²) in [5.41, 5.74) is 3.81. The van der Waals surface area contributed by atoms with Gasteiger partial charge in [0.2, 0.25) is 0 Å². The standard InChI is InChI=1S/C10H13N3S/c1-10(2,3)13-4-8(11-6-13)9-5-14-7-12-9/h4-7H,1-3H3. The van der Waals surface area contributed by atoms with Crippen molar-refractivity contribution in [2.24, 2.45) is 0 Å². The first-order valence-corrected chi connectivity index (χ1v) is 5.45. The minimum absolute atomic E-state index is 0.0846. The van der Waals surface area contributed by atoms with Gasteiger partial charge in [0.25, 0.3) is 0 Å². The summed E-state index contributed by atoms with van der Waals surface area (Å²) in [6.45, 7) is 6.46. The summed E-state index contributed by atoms with van der Waals surface area (Å²) >= 11 is 1.59. The average molecular weight is 207 g/mol. The van der Waals surface area contributed by atoms with Crippen LogP contribution in [0.4, 0.5) is 0 Å². The van der Waals surface area contributed by atoms with E-state index in [1.165, 1.54) is 0 Å². The smallest absolute Gasteiger partial charge is 0.107 e. The molecule has 0 aliphatic carbocycles. The van der Waals surface area contributed by atoms with Crippen molar-refractivity contribution in [2.45, 2.75) is 26.3 Å². The van der Waals surface area contributed by atoms with Gasteiger partial charge >= 0.3 is 0 Å². The van der Waals surface area contributed by atoms with Crippen LogP contribution < -0.4 is 0 Å². The third-order valence-electron chi connectivity index (χ3n) is 2.05. The van der Waals surface area contributed by atoms with Crippen molar-refractivity contribution in [3.8, 4) is 11.4 Å². The molecule has 4 heteroatoms. The lowest BCUT2D eigenvalue weighted by Gasteiger charge is -2.19. The Labute approximate surface area is 87.4 Å². The number of rotatable bonds is 1. The van der Waals surface area contributed by atoms with Gasteiger partial charge in [0, 0.05) is 17.1 Å². The van der Waals surface area contributed by atoms with Crippen molar-refractivity contribution in [3.05, 3.63) is 23.4 Å². The van der Waals surface area contributed by atoms with E-state index in [0.29, 0.717) is 0 Å². The molecule has 0 unspecified atom stereocenters. The molecule has 2 heterocycles. The Balaban J connectivity index is 2.36. The summed E-state index contributed by atoms with van der Waals surface area (Å²) < 4.78 is 2.10. The molecule has 74 valence electrons. The summed E-state index contributed by atoms with van der Waals surface area (Å²) in [6.07, 6.45) is 3.89. The summed E-state index contributed by atoms with van der Waals surface area (Å²) in [4.78, 5) is 8.56. The highest BCUT2D eigenvalue weighted by Crippen LogP contribution is 2.20. The van der Waals surface area contributed by atoms with Crippen LogP contribution in [0.3, 0.4) is 0 Å². The molecule has 0 aliphatic rings. The fourth-order valence-corrected chi connectivity index (χ4v) is 1.71. The van der Waals surface area contributed by atoms with E-state index in [1.54, 1.807) is 11.3 Å². The molecule has 0 bridgehead atoms. The molecule has 14 heavy (non-hydrogen) atoms. The van der Waals surface area contributed by atoms with E-state index in [2.05, 4.69) is 35.3 Å². The lowest BCUT2D eigenvalue weighted by Crippen LogP contribution is -2.19. The van der Waals surface area contributed by atoms with Crippen molar-refractivity contribution in [3.63, 3.8) is 0 Å². The molecule has 0 fully saturated rings. The molecule has 0 saturated heterocycles. The minimum atomic E-state index is 0.0846. The highest BCUT2D eigenvalue weighted by Gasteiger charge is 2.14. The van der Waals surface area contributed by atoms with Gasteiger partial charge in [0.15, 0.2) is 0 Å². The first-order chi connectivity index (χ1) is 6.57. The fraction of sp³-hybridized carbons (Fsp3) is 0.400. The quantitative estimate of drug-likeness (QED) is 0.720. The first kappa shape index (κ1) is 9.40. The van der Waals surface area contributed by atoms with Crippen LogP contribution in [0.2, 0.25) is 0 Å². The molecule has 0 aromatic carbocycles. The van der Waals surface area contributed by atoms with Crippen LogP contribution in [0.25, 0.3) is 11.4 Å². The Morgan fingerprint density at radius 2 is 2.00 bits per heavy atom. The summed E-state index contributed by atoms with van der Waals surface area (Å²) in [5.74, 6) is 0. The zero-order valence-corrected chi connectivity index (χ0v) is 9.38. The molecule has 0 aliphatic heterocycles. The number of hydrogen-bond acceptors (Lipinski definition) is 3. The number of imidazole rings is 1. The van der Waals surface area contributed by atoms with Gasteiger partial charge in [0.1, 0.15) is 11.4 Å². The van der Waals surface area contributed by atoms with E-state index in [4.69, 9.17) is 0 Å². The van der Waals surface area contributed by atoms with E-state index >= 15 is 0 Å². The van der Waals surface area contributed by atoms with Gasteiger partial charge in [-0.3, -0.25) is 0 Å². The monoisotopic (exact) mass is 207 g/mol. The number of aromatic nitrogens is 3. The average Bonchev–Trinajstić information content (AvgIpc) is 2.73. The Bertz CT molecular complexity index is 409. The van der Waals surface area contributed by atoms with Gasteiger partial charge in [-0.05, 0) is 20.8 Å². The molecular formula is C10H13N3S. The topological polar surface area (TPSA) is 30.7 Å². The lowest BCUT2D eigenvalue weighted by atomic mass is 10.1. The van der Waals surface area contributed by atoms with Gasteiger partial charge in [-0.2, -0.15) is 0 Å².